The Bertz CT molecular complexity index is 1210. The molecule has 1 aromatic heterocycles. The summed E-state index contributed by atoms with van der Waals surface area (Å²) >= 11 is 6.29. The first kappa shape index (κ1) is 21.0. The first-order valence-corrected chi connectivity index (χ1v) is 10.3. The van der Waals surface area contributed by atoms with Crippen molar-refractivity contribution in [2.75, 3.05) is 13.2 Å². The molecule has 0 aliphatic heterocycles. The summed E-state index contributed by atoms with van der Waals surface area (Å²) in [5.74, 6) is 0.0147. The molecule has 1 heterocycles. The number of benzene rings is 2. The topological polar surface area (TPSA) is 74.5 Å². The zero-order valence-corrected chi connectivity index (χ0v) is 17.4. The average Bonchev–Trinajstić information content (AvgIpc) is 3.62. The number of halogens is 2. The second-order valence-corrected chi connectivity index (χ2v) is 7.71. The van der Waals surface area contributed by atoms with E-state index in [1.54, 1.807) is 6.07 Å². The molecule has 0 saturated heterocycles. The Hall–Kier alpha value is -3.21. The van der Waals surface area contributed by atoms with Crippen LogP contribution in [0.1, 0.15) is 30.7 Å². The van der Waals surface area contributed by atoms with E-state index in [-0.39, 0.29) is 29.0 Å². The lowest BCUT2D eigenvalue weighted by Crippen LogP contribution is -2.23. The van der Waals surface area contributed by atoms with E-state index in [4.69, 9.17) is 28.6 Å². The minimum absolute atomic E-state index is 0.0318. The summed E-state index contributed by atoms with van der Waals surface area (Å²) < 4.78 is 21.2. The summed E-state index contributed by atoms with van der Waals surface area (Å²) in [5, 5.41) is -0.162. The fourth-order valence-corrected chi connectivity index (χ4v) is 3.49. The van der Waals surface area contributed by atoms with Gasteiger partial charge in [0, 0.05) is 5.56 Å². The van der Waals surface area contributed by atoms with Crippen LogP contribution in [0.3, 0.4) is 0 Å². The zero-order chi connectivity index (χ0) is 22.0. The molecule has 31 heavy (non-hydrogen) atoms. The van der Waals surface area contributed by atoms with Gasteiger partial charge in [0.2, 0.25) is 11.6 Å². The van der Waals surface area contributed by atoms with E-state index in [2.05, 4.69) is 9.83 Å². The van der Waals surface area contributed by atoms with Gasteiger partial charge in [0.25, 0.3) is 5.56 Å². The van der Waals surface area contributed by atoms with Crippen LogP contribution in [0.4, 0.5) is 10.1 Å². The van der Waals surface area contributed by atoms with Crippen LogP contribution in [0.5, 0.6) is 5.88 Å². The molecular formula is C23H20ClFN4O2. The molecule has 0 bridgehead atoms. The monoisotopic (exact) mass is 438 g/mol. The van der Waals surface area contributed by atoms with Gasteiger partial charge in [0.15, 0.2) is 10.8 Å². The van der Waals surface area contributed by atoms with Gasteiger partial charge in [-0.2, -0.15) is 4.98 Å². The molecule has 2 N–H and O–H groups in total. The summed E-state index contributed by atoms with van der Waals surface area (Å²) in [6, 6.07) is 11.7. The molecule has 4 rings (SSSR count). The molecule has 0 unspecified atom stereocenters. The molecule has 0 radical (unpaired) electrons. The third-order valence-corrected chi connectivity index (χ3v) is 5.43. The lowest BCUT2D eigenvalue weighted by atomic mass is 10.1. The van der Waals surface area contributed by atoms with Gasteiger partial charge < -0.3 is 10.5 Å². The molecular weight excluding hydrogens is 419 g/mol. The summed E-state index contributed by atoms with van der Waals surface area (Å²) in [6.07, 6.45) is 2.90. The Morgan fingerprint density at radius 2 is 2.00 bits per heavy atom. The van der Waals surface area contributed by atoms with Crippen molar-refractivity contribution >= 4 is 17.3 Å². The number of hydrogen-bond donors (Lipinski definition) is 1. The van der Waals surface area contributed by atoms with Crippen LogP contribution in [0.15, 0.2) is 47.3 Å². The smallest absolute Gasteiger partial charge is 0.281 e. The van der Waals surface area contributed by atoms with E-state index in [0.717, 1.165) is 0 Å². The highest BCUT2D eigenvalue weighted by Gasteiger charge is 2.24. The van der Waals surface area contributed by atoms with E-state index in [0.29, 0.717) is 30.1 Å². The number of rotatable bonds is 7. The SMILES string of the molecule is [C-]#[N+]c1ccc(-c2nc(OCCCN)c(Cl)c(=O)n2-c2ccc(C3CC3)cc2)cc1F. The second-order valence-electron chi connectivity index (χ2n) is 7.33. The van der Waals surface area contributed by atoms with Gasteiger partial charge in [0.1, 0.15) is 5.82 Å². The molecule has 2 aromatic carbocycles. The maximum absolute atomic E-state index is 14.3. The normalized spacial score (nSPS) is 13.1. The number of aromatic nitrogens is 2. The number of nitrogens with zero attached hydrogens (tertiary/aromatic N) is 3. The van der Waals surface area contributed by atoms with Crippen molar-refractivity contribution in [1.82, 2.24) is 9.55 Å². The number of hydrogen-bond acceptors (Lipinski definition) is 4. The standard InChI is InChI=1S/C23H20ClFN4O2/c1-27-19-10-7-16(13-18(19)25)21-28-22(31-12-2-11-26)20(24)23(30)29(21)17-8-5-15(6-9-17)14-3-4-14/h5-10,13-14H,2-4,11-12,26H2. The average molecular weight is 439 g/mol. The minimum Gasteiger partial charge on any atom is -0.476 e. The molecule has 1 aliphatic carbocycles. The van der Waals surface area contributed by atoms with Crippen molar-refractivity contribution in [2.24, 2.45) is 5.73 Å². The summed E-state index contributed by atoms with van der Waals surface area (Å²) in [4.78, 5) is 20.8. The Balaban J connectivity index is 1.87. The van der Waals surface area contributed by atoms with E-state index in [1.165, 1.54) is 35.1 Å². The van der Waals surface area contributed by atoms with E-state index >= 15 is 0 Å². The Labute approximate surface area is 183 Å². The van der Waals surface area contributed by atoms with Gasteiger partial charge in [-0.3, -0.25) is 9.36 Å². The minimum atomic E-state index is -0.696. The summed E-state index contributed by atoms with van der Waals surface area (Å²) in [6.45, 7) is 7.71. The zero-order valence-electron chi connectivity index (χ0n) is 16.6. The maximum Gasteiger partial charge on any atom is 0.281 e. The Kier molecular flexibility index (Phi) is 6.03. The van der Waals surface area contributed by atoms with Gasteiger partial charge in [-0.15, -0.1) is 0 Å². The van der Waals surface area contributed by atoms with Gasteiger partial charge in [-0.1, -0.05) is 35.9 Å². The van der Waals surface area contributed by atoms with Crippen LogP contribution >= 0.6 is 11.6 Å². The van der Waals surface area contributed by atoms with Crippen molar-refractivity contribution in [2.45, 2.75) is 25.2 Å². The van der Waals surface area contributed by atoms with Gasteiger partial charge in [-0.25, -0.2) is 9.24 Å². The third-order valence-electron chi connectivity index (χ3n) is 5.11. The lowest BCUT2D eigenvalue weighted by molar-refractivity contribution is 0.300. The largest absolute Gasteiger partial charge is 0.476 e. The second kappa shape index (κ2) is 8.88. The summed E-state index contributed by atoms with van der Waals surface area (Å²) in [5.41, 5.74) is 6.96. The maximum atomic E-state index is 14.3. The van der Waals surface area contributed by atoms with Crippen molar-refractivity contribution in [3.63, 3.8) is 0 Å². The van der Waals surface area contributed by atoms with Crippen LogP contribution in [0.2, 0.25) is 5.02 Å². The van der Waals surface area contributed by atoms with E-state index < -0.39 is 11.4 Å². The molecule has 1 aliphatic rings. The van der Waals surface area contributed by atoms with Gasteiger partial charge in [-0.05, 0) is 55.5 Å². The molecule has 3 aromatic rings. The lowest BCUT2D eigenvalue weighted by Gasteiger charge is -2.16. The van der Waals surface area contributed by atoms with Crippen LogP contribution in [-0.4, -0.2) is 22.7 Å². The van der Waals surface area contributed by atoms with Crippen molar-refractivity contribution in [1.29, 1.82) is 0 Å². The van der Waals surface area contributed by atoms with E-state index in [9.17, 15) is 9.18 Å². The third kappa shape index (κ3) is 4.31. The molecule has 8 heteroatoms. The van der Waals surface area contributed by atoms with Gasteiger partial charge >= 0.3 is 0 Å². The Morgan fingerprint density at radius 1 is 1.26 bits per heavy atom. The molecule has 1 saturated carbocycles. The predicted octanol–water partition coefficient (Wildman–Crippen LogP) is 4.85. The molecule has 0 amide bonds. The highest BCUT2D eigenvalue weighted by Crippen LogP contribution is 2.40. The molecule has 1 fully saturated rings. The van der Waals surface area contributed by atoms with Crippen molar-refractivity contribution < 1.29 is 9.13 Å². The molecule has 0 atom stereocenters. The highest BCUT2D eigenvalue weighted by atomic mass is 35.5. The summed E-state index contributed by atoms with van der Waals surface area (Å²) in [7, 11) is 0. The van der Waals surface area contributed by atoms with Crippen LogP contribution in [0, 0.1) is 12.4 Å². The van der Waals surface area contributed by atoms with Crippen LogP contribution in [0.25, 0.3) is 21.9 Å². The fourth-order valence-electron chi connectivity index (χ4n) is 3.31. The fraction of sp³-hybridized carbons (Fsp3) is 0.261. The van der Waals surface area contributed by atoms with Crippen molar-refractivity contribution in [3.05, 3.63) is 80.6 Å². The first-order valence-electron chi connectivity index (χ1n) is 9.96. The molecule has 0 spiro atoms. The van der Waals surface area contributed by atoms with Crippen LogP contribution < -0.4 is 16.0 Å². The molecule has 158 valence electrons. The Morgan fingerprint density at radius 3 is 2.61 bits per heavy atom. The predicted molar refractivity (Wildman–Crippen MR) is 118 cm³/mol. The van der Waals surface area contributed by atoms with Crippen LogP contribution in [-0.2, 0) is 0 Å². The van der Waals surface area contributed by atoms with E-state index in [1.807, 2.05) is 24.3 Å². The number of ether oxygens (including phenoxy) is 1. The highest BCUT2D eigenvalue weighted by molar-refractivity contribution is 6.31. The van der Waals surface area contributed by atoms with Crippen molar-refractivity contribution in [3.8, 4) is 23.0 Å². The van der Waals surface area contributed by atoms with Gasteiger partial charge in [0.05, 0.1) is 18.9 Å². The number of nitrogens with two attached hydrogens (primary N) is 1. The molecule has 6 nitrogen and oxygen atoms in total. The quantitative estimate of drug-likeness (QED) is 0.422. The first-order chi connectivity index (χ1) is 15.0.